The first-order chi connectivity index (χ1) is 11.6. The Kier molecular flexibility index (Phi) is 7.51. The minimum atomic E-state index is -0.839. The fourth-order valence-corrected chi connectivity index (χ4v) is 3.71. The highest BCUT2D eigenvalue weighted by atomic mass is 127. The number of fused-ring (bicyclic) bond motifs is 1. The summed E-state index contributed by atoms with van der Waals surface area (Å²) in [5, 5.41) is 14.4. The van der Waals surface area contributed by atoms with Crippen LogP contribution in [0, 0.1) is 5.92 Å². The third-order valence-corrected chi connectivity index (χ3v) is 5.07. The number of nitrogens with one attached hydrogen (secondary N) is 1. The van der Waals surface area contributed by atoms with Crippen LogP contribution in [0.3, 0.4) is 0 Å². The lowest BCUT2D eigenvalue weighted by Crippen LogP contribution is -2.42. The van der Waals surface area contributed by atoms with Crippen LogP contribution in [-0.4, -0.2) is 55.9 Å². The van der Waals surface area contributed by atoms with E-state index in [0.29, 0.717) is 12.5 Å². The SMILES string of the molecule is CCNC(=NCC1(O)CCc2ccccc21)N(C)CC1CCOC1.I. The van der Waals surface area contributed by atoms with Crippen LogP contribution in [0.25, 0.3) is 0 Å². The van der Waals surface area contributed by atoms with Gasteiger partial charge in [0, 0.05) is 32.7 Å². The first-order valence-electron chi connectivity index (χ1n) is 9.00. The van der Waals surface area contributed by atoms with E-state index in [0.717, 1.165) is 57.1 Å². The van der Waals surface area contributed by atoms with Crippen molar-refractivity contribution in [3.8, 4) is 0 Å². The largest absolute Gasteiger partial charge is 0.383 e. The lowest BCUT2D eigenvalue weighted by Gasteiger charge is -2.27. The van der Waals surface area contributed by atoms with Gasteiger partial charge in [-0.25, -0.2) is 4.99 Å². The second kappa shape index (κ2) is 9.19. The first kappa shape index (κ1) is 20.5. The van der Waals surface area contributed by atoms with Crippen LogP contribution in [0.15, 0.2) is 29.3 Å². The molecule has 1 saturated heterocycles. The van der Waals surface area contributed by atoms with E-state index in [4.69, 9.17) is 9.73 Å². The quantitative estimate of drug-likeness (QED) is 0.404. The Labute approximate surface area is 167 Å². The van der Waals surface area contributed by atoms with Crippen molar-refractivity contribution in [3.05, 3.63) is 35.4 Å². The Hall–Kier alpha value is -0.860. The summed E-state index contributed by atoms with van der Waals surface area (Å²) >= 11 is 0. The highest BCUT2D eigenvalue weighted by molar-refractivity contribution is 14.0. The molecule has 0 aromatic heterocycles. The van der Waals surface area contributed by atoms with Gasteiger partial charge < -0.3 is 20.1 Å². The van der Waals surface area contributed by atoms with Gasteiger partial charge in [0.05, 0.1) is 13.2 Å². The maximum Gasteiger partial charge on any atom is 0.193 e. The molecule has 1 heterocycles. The van der Waals surface area contributed by atoms with Crippen molar-refractivity contribution in [2.45, 2.75) is 31.8 Å². The number of aryl methyl sites for hydroxylation is 1. The molecule has 1 fully saturated rings. The zero-order valence-electron chi connectivity index (χ0n) is 15.2. The number of aliphatic hydroxyl groups is 1. The topological polar surface area (TPSA) is 57.1 Å². The molecule has 1 aliphatic carbocycles. The summed E-state index contributed by atoms with van der Waals surface area (Å²) in [6.07, 6.45) is 2.78. The summed E-state index contributed by atoms with van der Waals surface area (Å²) in [4.78, 5) is 6.91. The van der Waals surface area contributed by atoms with Crippen LogP contribution in [0.1, 0.15) is 30.9 Å². The second-order valence-electron chi connectivity index (χ2n) is 6.97. The van der Waals surface area contributed by atoms with Crippen molar-refractivity contribution in [2.24, 2.45) is 10.9 Å². The molecule has 0 amide bonds. The minimum absolute atomic E-state index is 0. The predicted molar refractivity (Wildman–Crippen MR) is 112 cm³/mol. The number of rotatable bonds is 5. The Morgan fingerprint density at radius 2 is 2.24 bits per heavy atom. The van der Waals surface area contributed by atoms with Crippen LogP contribution in [-0.2, 0) is 16.8 Å². The molecule has 0 radical (unpaired) electrons. The lowest BCUT2D eigenvalue weighted by molar-refractivity contribution is 0.0483. The van der Waals surface area contributed by atoms with Gasteiger partial charge in [-0.1, -0.05) is 24.3 Å². The molecular formula is C19H30IN3O2. The monoisotopic (exact) mass is 459 g/mol. The van der Waals surface area contributed by atoms with Crippen molar-refractivity contribution < 1.29 is 9.84 Å². The van der Waals surface area contributed by atoms with Crippen LogP contribution >= 0.6 is 24.0 Å². The smallest absolute Gasteiger partial charge is 0.193 e. The summed E-state index contributed by atoms with van der Waals surface area (Å²) in [5.41, 5.74) is 1.45. The fraction of sp³-hybridized carbons (Fsp3) is 0.632. The summed E-state index contributed by atoms with van der Waals surface area (Å²) in [7, 11) is 2.06. The fourth-order valence-electron chi connectivity index (χ4n) is 3.71. The highest BCUT2D eigenvalue weighted by Gasteiger charge is 2.36. The molecule has 0 spiro atoms. The molecule has 5 nitrogen and oxygen atoms in total. The van der Waals surface area contributed by atoms with Gasteiger partial charge in [0.15, 0.2) is 5.96 Å². The summed E-state index contributed by atoms with van der Waals surface area (Å²) in [5.74, 6) is 1.43. The number of halogens is 1. The van der Waals surface area contributed by atoms with Gasteiger partial charge in [-0.3, -0.25) is 0 Å². The van der Waals surface area contributed by atoms with Gasteiger partial charge in [-0.15, -0.1) is 24.0 Å². The molecule has 0 bridgehead atoms. The first-order valence-corrected chi connectivity index (χ1v) is 9.00. The summed E-state index contributed by atoms with van der Waals surface area (Å²) in [6, 6.07) is 8.17. The minimum Gasteiger partial charge on any atom is -0.383 e. The van der Waals surface area contributed by atoms with Gasteiger partial charge in [0.25, 0.3) is 0 Å². The molecule has 2 atom stereocenters. The summed E-state index contributed by atoms with van der Waals surface area (Å²) in [6.45, 7) is 5.92. The predicted octanol–water partition coefficient (Wildman–Crippen LogP) is 2.37. The Balaban J connectivity index is 0.00000225. The van der Waals surface area contributed by atoms with E-state index >= 15 is 0 Å². The molecule has 0 saturated carbocycles. The van der Waals surface area contributed by atoms with Gasteiger partial charge >= 0.3 is 0 Å². The van der Waals surface area contributed by atoms with Gasteiger partial charge in [-0.2, -0.15) is 0 Å². The van der Waals surface area contributed by atoms with Crippen molar-refractivity contribution in [1.82, 2.24) is 10.2 Å². The van der Waals surface area contributed by atoms with E-state index in [2.05, 4.69) is 30.3 Å². The number of aliphatic imine (C=N–C) groups is 1. The van der Waals surface area contributed by atoms with E-state index in [-0.39, 0.29) is 24.0 Å². The van der Waals surface area contributed by atoms with Crippen LogP contribution in [0.4, 0.5) is 0 Å². The third-order valence-electron chi connectivity index (χ3n) is 5.07. The van der Waals surface area contributed by atoms with E-state index in [9.17, 15) is 5.11 Å². The molecular weight excluding hydrogens is 429 g/mol. The molecule has 2 aliphatic rings. The van der Waals surface area contributed by atoms with Gasteiger partial charge in [0.1, 0.15) is 5.60 Å². The maximum absolute atomic E-state index is 11.1. The van der Waals surface area contributed by atoms with Crippen LogP contribution < -0.4 is 5.32 Å². The zero-order valence-corrected chi connectivity index (χ0v) is 17.5. The lowest BCUT2D eigenvalue weighted by atomic mass is 9.96. The number of ether oxygens (including phenoxy) is 1. The maximum atomic E-state index is 11.1. The molecule has 3 rings (SSSR count). The van der Waals surface area contributed by atoms with Crippen molar-refractivity contribution in [1.29, 1.82) is 0 Å². The number of hydrogen-bond donors (Lipinski definition) is 2. The van der Waals surface area contributed by atoms with Crippen LogP contribution in [0.2, 0.25) is 0 Å². The number of benzene rings is 1. The van der Waals surface area contributed by atoms with E-state index in [1.807, 2.05) is 18.2 Å². The Bertz CT molecular complexity index is 590. The third kappa shape index (κ3) is 4.86. The highest BCUT2D eigenvalue weighted by Crippen LogP contribution is 2.36. The molecule has 1 aromatic carbocycles. The molecule has 2 N–H and O–H groups in total. The Morgan fingerprint density at radius 1 is 1.44 bits per heavy atom. The molecule has 2 unspecified atom stereocenters. The molecule has 1 aromatic rings. The van der Waals surface area contributed by atoms with E-state index in [1.54, 1.807) is 0 Å². The standard InChI is InChI=1S/C19H29N3O2.HI/c1-3-20-18(22(2)12-15-9-11-24-13-15)21-14-19(23)10-8-16-6-4-5-7-17(16)19;/h4-7,15,23H,3,8-14H2,1-2H3,(H,20,21);1H. The van der Waals surface area contributed by atoms with Crippen LogP contribution in [0.5, 0.6) is 0 Å². The normalized spacial score (nSPS) is 25.4. The number of nitrogens with zero attached hydrogens (tertiary/aromatic N) is 2. The van der Waals surface area contributed by atoms with E-state index in [1.165, 1.54) is 5.56 Å². The van der Waals surface area contributed by atoms with Gasteiger partial charge in [0.2, 0.25) is 0 Å². The average molecular weight is 459 g/mol. The Morgan fingerprint density at radius 3 is 2.96 bits per heavy atom. The van der Waals surface area contributed by atoms with Crippen molar-refractivity contribution in [3.63, 3.8) is 0 Å². The van der Waals surface area contributed by atoms with E-state index < -0.39 is 5.60 Å². The number of hydrogen-bond acceptors (Lipinski definition) is 3. The molecule has 140 valence electrons. The molecule has 25 heavy (non-hydrogen) atoms. The van der Waals surface area contributed by atoms with Gasteiger partial charge in [-0.05, 0) is 37.3 Å². The van der Waals surface area contributed by atoms with Crippen molar-refractivity contribution >= 4 is 29.9 Å². The molecule has 6 heteroatoms. The molecule has 1 aliphatic heterocycles. The second-order valence-corrected chi connectivity index (χ2v) is 6.97. The zero-order chi connectivity index (χ0) is 17.0. The summed E-state index contributed by atoms with van der Waals surface area (Å²) < 4.78 is 5.47. The van der Waals surface area contributed by atoms with Crippen molar-refractivity contribution in [2.75, 3.05) is 39.9 Å². The number of guanidine groups is 1. The average Bonchev–Trinajstić information content (AvgIpc) is 3.21.